The molecular formula is C30H38N4O5. The van der Waals surface area contributed by atoms with Gasteiger partial charge in [0.25, 0.3) is 0 Å². The number of morpholine rings is 1. The fourth-order valence-corrected chi connectivity index (χ4v) is 4.42. The summed E-state index contributed by atoms with van der Waals surface area (Å²) in [7, 11) is 1.62. The Morgan fingerprint density at radius 1 is 1.00 bits per heavy atom. The zero-order valence-corrected chi connectivity index (χ0v) is 22.4. The van der Waals surface area contributed by atoms with Crippen molar-refractivity contribution in [3.8, 4) is 5.75 Å². The van der Waals surface area contributed by atoms with Crippen LogP contribution in [0.2, 0.25) is 0 Å². The van der Waals surface area contributed by atoms with Gasteiger partial charge in [-0.05, 0) is 47.4 Å². The number of nitrogens with one attached hydrogen (secondary N) is 1. The Bertz CT molecular complexity index is 1140. The summed E-state index contributed by atoms with van der Waals surface area (Å²) in [5.41, 5.74) is 13.1. The van der Waals surface area contributed by atoms with E-state index in [4.69, 9.17) is 19.9 Å². The number of rotatable bonds is 12. The van der Waals surface area contributed by atoms with Crippen molar-refractivity contribution in [2.24, 2.45) is 5.73 Å². The maximum atomic E-state index is 12.7. The van der Waals surface area contributed by atoms with Crippen molar-refractivity contribution in [3.63, 3.8) is 0 Å². The van der Waals surface area contributed by atoms with Gasteiger partial charge in [-0.1, -0.05) is 54.6 Å². The summed E-state index contributed by atoms with van der Waals surface area (Å²) in [6.07, 6.45) is -1.01. The predicted molar refractivity (Wildman–Crippen MR) is 150 cm³/mol. The first-order chi connectivity index (χ1) is 19.0. The number of hydrogen-bond donors (Lipinski definition) is 3. The van der Waals surface area contributed by atoms with Crippen LogP contribution >= 0.6 is 0 Å². The Kier molecular flexibility index (Phi) is 10.6. The van der Waals surface area contributed by atoms with Crippen LogP contribution in [-0.2, 0) is 29.0 Å². The van der Waals surface area contributed by atoms with E-state index in [1.165, 1.54) is 0 Å². The summed E-state index contributed by atoms with van der Waals surface area (Å²) in [5.74, 6) is 0.761. The zero-order valence-electron chi connectivity index (χ0n) is 22.4. The molecule has 1 aliphatic rings. The molecule has 1 heterocycles. The van der Waals surface area contributed by atoms with Gasteiger partial charge in [0.05, 0.1) is 26.4 Å². The summed E-state index contributed by atoms with van der Waals surface area (Å²) in [5, 5.41) is 12.6. The fraction of sp³-hybridized carbons (Fsp3) is 0.367. The number of aliphatic hydroxyl groups is 1. The molecule has 9 nitrogen and oxygen atoms in total. The Morgan fingerprint density at radius 3 is 2.33 bits per heavy atom. The van der Waals surface area contributed by atoms with Gasteiger partial charge in [-0.15, -0.1) is 0 Å². The van der Waals surface area contributed by atoms with Gasteiger partial charge >= 0.3 is 6.09 Å². The third kappa shape index (κ3) is 8.97. The summed E-state index contributed by atoms with van der Waals surface area (Å²) in [6, 6.07) is 24.7. The second-order valence-corrected chi connectivity index (χ2v) is 9.60. The highest BCUT2D eigenvalue weighted by atomic mass is 16.6. The monoisotopic (exact) mass is 534 g/mol. The minimum Gasteiger partial charge on any atom is -0.497 e. The van der Waals surface area contributed by atoms with Crippen LogP contribution in [0.5, 0.6) is 5.75 Å². The fourth-order valence-electron chi connectivity index (χ4n) is 4.42. The number of nitrogens with two attached hydrogens (primary N) is 1. The standard InChI is InChI=1S/C30H38N4O5/c1-37-27-13-9-23(10-14-27)19-28(31)29(35)21-34(32-30(36)39-22-25-5-3-2-4-6-25)20-24-7-11-26(12-8-24)33-15-17-38-18-16-33/h2-14,28-29,35H,15-22,31H2,1H3,(H,32,36)/t28-,29-/m0/s1. The number of carbonyl (C=O) groups excluding carboxylic acids is 1. The van der Waals surface area contributed by atoms with Crippen LogP contribution in [0, 0.1) is 0 Å². The Balaban J connectivity index is 1.38. The molecule has 0 unspecified atom stereocenters. The van der Waals surface area contributed by atoms with Gasteiger partial charge < -0.3 is 30.0 Å². The predicted octanol–water partition coefficient (Wildman–Crippen LogP) is 3.11. The van der Waals surface area contributed by atoms with Crippen LogP contribution in [0.1, 0.15) is 16.7 Å². The second kappa shape index (κ2) is 14.5. The molecule has 0 saturated carbocycles. The van der Waals surface area contributed by atoms with E-state index in [-0.39, 0.29) is 13.2 Å². The number of hydrazine groups is 1. The SMILES string of the molecule is COc1ccc(C[C@H](N)[C@@H](O)CN(Cc2ccc(N3CCOCC3)cc2)NC(=O)OCc2ccccc2)cc1. The van der Waals surface area contributed by atoms with E-state index < -0.39 is 18.2 Å². The van der Waals surface area contributed by atoms with E-state index in [1.807, 2.05) is 66.7 Å². The molecule has 0 spiro atoms. The molecule has 0 aromatic heterocycles. The summed E-state index contributed by atoms with van der Waals surface area (Å²) < 4.78 is 16.1. The van der Waals surface area contributed by atoms with E-state index in [2.05, 4.69) is 22.5 Å². The zero-order chi connectivity index (χ0) is 27.5. The first-order valence-electron chi connectivity index (χ1n) is 13.2. The normalized spacial score (nSPS) is 15.0. The number of carbonyl (C=O) groups is 1. The van der Waals surface area contributed by atoms with Crippen LogP contribution < -0.4 is 20.8 Å². The van der Waals surface area contributed by atoms with Crippen LogP contribution in [0.25, 0.3) is 0 Å². The molecule has 9 heteroatoms. The number of benzene rings is 3. The smallest absolute Gasteiger partial charge is 0.422 e. The number of anilines is 1. The molecule has 4 N–H and O–H groups in total. The Morgan fingerprint density at radius 2 is 1.67 bits per heavy atom. The van der Waals surface area contributed by atoms with Crippen molar-refractivity contribution >= 4 is 11.8 Å². The van der Waals surface area contributed by atoms with Crippen molar-refractivity contribution < 1.29 is 24.1 Å². The van der Waals surface area contributed by atoms with E-state index in [0.29, 0.717) is 13.0 Å². The van der Waals surface area contributed by atoms with E-state index >= 15 is 0 Å². The van der Waals surface area contributed by atoms with Gasteiger partial charge in [0.2, 0.25) is 0 Å². The molecule has 1 amide bonds. The molecule has 0 bridgehead atoms. The van der Waals surface area contributed by atoms with Crippen molar-refractivity contribution in [2.45, 2.75) is 31.7 Å². The molecule has 1 fully saturated rings. The molecule has 0 radical (unpaired) electrons. The molecule has 3 aromatic rings. The highest BCUT2D eigenvalue weighted by molar-refractivity contribution is 5.66. The van der Waals surface area contributed by atoms with Crippen LogP contribution in [0.3, 0.4) is 0 Å². The van der Waals surface area contributed by atoms with E-state index in [0.717, 1.165) is 54.4 Å². The first kappa shape index (κ1) is 28.4. The average molecular weight is 535 g/mol. The van der Waals surface area contributed by atoms with E-state index in [1.54, 1.807) is 12.1 Å². The van der Waals surface area contributed by atoms with Crippen LogP contribution in [-0.4, -0.2) is 68.3 Å². The summed E-state index contributed by atoms with van der Waals surface area (Å²) >= 11 is 0. The molecule has 208 valence electrons. The Labute approximate surface area is 230 Å². The second-order valence-electron chi connectivity index (χ2n) is 9.60. The molecule has 4 rings (SSSR count). The third-order valence-electron chi connectivity index (χ3n) is 6.68. The lowest BCUT2D eigenvalue weighted by molar-refractivity contribution is 0.0492. The number of methoxy groups -OCH3 is 1. The minimum absolute atomic E-state index is 0.128. The molecule has 1 saturated heterocycles. The molecule has 39 heavy (non-hydrogen) atoms. The number of hydrogen-bond acceptors (Lipinski definition) is 8. The average Bonchev–Trinajstić information content (AvgIpc) is 2.98. The lowest BCUT2D eigenvalue weighted by atomic mass is 10.0. The number of nitrogens with zero attached hydrogens (tertiary/aromatic N) is 2. The van der Waals surface area contributed by atoms with Crippen LogP contribution in [0.4, 0.5) is 10.5 Å². The molecular weight excluding hydrogens is 496 g/mol. The highest BCUT2D eigenvalue weighted by Gasteiger charge is 2.21. The molecule has 3 aromatic carbocycles. The topological polar surface area (TPSA) is 110 Å². The largest absolute Gasteiger partial charge is 0.497 e. The summed E-state index contributed by atoms with van der Waals surface area (Å²) in [6.45, 7) is 3.81. The van der Waals surface area contributed by atoms with Gasteiger partial charge in [-0.3, -0.25) is 5.43 Å². The third-order valence-corrected chi connectivity index (χ3v) is 6.68. The van der Waals surface area contributed by atoms with Gasteiger partial charge in [-0.2, -0.15) is 0 Å². The summed E-state index contributed by atoms with van der Waals surface area (Å²) in [4.78, 5) is 14.9. The van der Waals surface area contributed by atoms with Gasteiger partial charge in [-0.25, -0.2) is 9.80 Å². The van der Waals surface area contributed by atoms with Crippen molar-refractivity contribution in [2.75, 3.05) is 44.9 Å². The highest BCUT2D eigenvalue weighted by Crippen LogP contribution is 2.18. The van der Waals surface area contributed by atoms with E-state index in [9.17, 15) is 9.90 Å². The van der Waals surface area contributed by atoms with Crippen molar-refractivity contribution in [3.05, 3.63) is 95.6 Å². The van der Waals surface area contributed by atoms with Crippen LogP contribution in [0.15, 0.2) is 78.9 Å². The number of amides is 1. The minimum atomic E-state index is -0.894. The first-order valence-corrected chi connectivity index (χ1v) is 13.2. The van der Waals surface area contributed by atoms with Crippen molar-refractivity contribution in [1.29, 1.82) is 0 Å². The van der Waals surface area contributed by atoms with Gasteiger partial charge in [0, 0.05) is 37.9 Å². The van der Waals surface area contributed by atoms with Gasteiger partial charge in [0.15, 0.2) is 0 Å². The maximum absolute atomic E-state index is 12.7. The molecule has 2 atom stereocenters. The lowest BCUT2D eigenvalue weighted by Gasteiger charge is -2.30. The van der Waals surface area contributed by atoms with Gasteiger partial charge in [0.1, 0.15) is 12.4 Å². The quantitative estimate of drug-likeness (QED) is 0.304. The number of aliphatic hydroxyl groups excluding tert-OH is 1. The lowest BCUT2D eigenvalue weighted by Crippen LogP contribution is -2.50. The number of ether oxygens (including phenoxy) is 3. The Hall–Kier alpha value is -3.63. The maximum Gasteiger partial charge on any atom is 0.422 e. The van der Waals surface area contributed by atoms with Crippen molar-refractivity contribution in [1.82, 2.24) is 10.4 Å². The molecule has 1 aliphatic heterocycles. The molecule has 0 aliphatic carbocycles.